The van der Waals surface area contributed by atoms with Crippen LogP contribution in [0, 0.1) is 5.82 Å². The molecule has 1 N–H and O–H groups in total. The van der Waals surface area contributed by atoms with Gasteiger partial charge in [0.15, 0.2) is 0 Å². The van der Waals surface area contributed by atoms with Crippen molar-refractivity contribution >= 4 is 16.7 Å². The topological polar surface area (TPSA) is 65.8 Å². The van der Waals surface area contributed by atoms with Crippen LogP contribution in [0.1, 0.15) is 21.6 Å². The number of carboxylic acid groups (broad SMARTS) is 1. The van der Waals surface area contributed by atoms with Gasteiger partial charge in [-0.1, -0.05) is 48.5 Å². The summed E-state index contributed by atoms with van der Waals surface area (Å²) in [4.78, 5) is 30.7. The van der Waals surface area contributed by atoms with Gasteiger partial charge in [-0.15, -0.1) is 0 Å². The van der Waals surface area contributed by atoms with Gasteiger partial charge in [-0.2, -0.15) is 0 Å². The van der Waals surface area contributed by atoms with Crippen molar-refractivity contribution in [1.29, 1.82) is 0 Å². The highest BCUT2D eigenvalue weighted by Crippen LogP contribution is 2.24. The van der Waals surface area contributed by atoms with E-state index in [0.717, 1.165) is 39.1 Å². The molecule has 1 saturated heterocycles. The van der Waals surface area contributed by atoms with Crippen molar-refractivity contribution in [3.63, 3.8) is 0 Å². The van der Waals surface area contributed by atoms with E-state index < -0.39 is 11.8 Å². The molecule has 5 rings (SSSR count). The third-order valence-corrected chi connectivity index (χ3v) is 6.88. The Balaban J connectivity index is 1.45. The van der Waals surface area contributed by atoms with Crippen molar-refractivity contribution in [2.24, 2.45) is 0 Å². The maximum atomic E-state index is 13.7. The second-order valence-electron chi connectivity index (χ2n) is 9.14. The molecule has 0 unspecified atom stereocenters. The van der Waals surface area contributed by atoms with Gasteiger partial charge >= 0.3 is 5.97 Å². The Bertz CT molecular complexity index is 1430. The summed E-state index contributed by atoms with van der Waals surface area (Å²) in [5.74, 6) is -1.50. The van der Waals surface area contributed by atoms with Crippen LogP contribution in [0.5, 0.6) is 0 Å². The molecule has 0 aliphatic carbocycles. The third kappa shape index (κ3) is 4.94. The van der Waals surface area contributed by atoms with Gasteiger partial charge in [-0.25, -0.2) is 9.18 Å². The lowest BCUT2D eigenvalue weighted by molar-refractivity contribution is 0.0693. The van der Waals surface area contributed by atoms with Gasteiger partial charge in [0, 0.05) is 55.7 Å². The van der Waals surface area contributed by atoms with Crippen molar-refractivity contribution < 1.29 is 14.3 Å². The van der Waals surface area contributed by atoms with Gasteiger partial charge in [0.1, 0.15) is 5.82 Å². The Morgan fingerprint density at radius 1 is 0.806 bits per heavy atom. The van der Waals surface area contributed by atoms with Crippen molar-refractivity contribution in [2.45, 2.75) is 13.0 Å². The predicted molar refractivity (Wildman–Crippen MR) is 138 cm³/mol. The number of aromatic carboxylic acids is 1. The Kier molecular flexibility index (Phi) is 6.93. The van der Waals surface area contributed by atoms with E-state index in [9.17, 15) is 19.1 Å². The monoisotopic (exact) mass is 485 g/mol. The van der Waals surface area contributed by atoms with Gasteiger partial charge in [0.05, 0.1) is 11.3 Å². The Hall–Kier alpha value is -3.81. The zero-order valence-electron chi connectivity index (χ0n) is 19.9. The highest BCUT2D eigenvalue weighted by molar-refractivity contribution is 6.04. The molecule has 7 heteroatoms. The summed E-state index contributed by atoms with van der Waals surface area (Å²) in [6, 6.07) is 22.8. The minimum Gasteiger partial charge on any atom is -0.478 e. The zero-order valence-corrected chi connectivity index (χ0v) is 19.9. The lowest BCUT2D eigenvalue weighted by Crippen LogP contribution is -2.47. The molecule has 184 valence electrons. The number of aromatic nitrogens is 1. The lowest BCUT2D eigenvalue weighted by Gasteiger charge is -2.35. The highest BCUT2D eigenvalue weighted by atomic mass is 19.1. The number of carbonyl (C=O) groups is 1. The molecule has 1 fully saturated rings. The van der Waals surface area contributed by atoms with E-state index >= 15 is 0 Å². The highest BCUT2D eigenvalue weighted by Gasteiger charge is 2.25. The minimum absolute atomic E-state index is 0.112. The molecular formula is C29H28FN3O3. The van der Waals surface area contributed by atoms with E-state index in [0.29, 0.717) is 28.7 Å². The molecule has 4 aromatic rings. The fourth-order valence-corrected chi connectivity index (χ4v) is 4.96. The maximum absolute atomic E-state index is 13.7. The van der Waals surface area contributed by atoms with Crippen LogP contribution in [-0.4, -0.2) is 58.2 Å². The van der Waals surface area contributed by atoms with E-state index in [1.807, 2.05) is 6.07 Å². The number of hydrogen-bond donors (Lipinski definition) is 1. The van der Waals surface area contributed by atoms with Crippen LogP contribution in [0.25, 0.3) is 16.5 Å². The van der Waals surface area contributed by atoms with Crippen LogP contribution in [0.3, 0.4) is 0 Å². The molecule has 2 heterocycles. The first-order valence-electron chi connectivity index (χ1n) is 12.2. The van der Waals surface area contributed by atoms with Crippen LogP contribution in [0.4, 0.5) is 4.39 Å². The minimum atomic E-state index is -1.08. The summed E-state index contributed by atoms with van der Waals surface area (Å²) < 4.78 is 15.1. The smallest absolute Gasteiger partial charge is 0.338 e. The molecule has 0 amide bonds. The first-order valence-corrected chi connectivity index (χ1v) is 12.2. The average molecular weight is 486 g/mol. The molecule has 0 spiro atoms. The van der Waals surface area contributed by atoms with E-state index in [2.05, 4.69) is 34.1 Å². The van der Waals surface area contributed by atoms with Gasteiger partial charge in [-0.3, -0.25) is 14.3 Å². The second kappa shape index (κ2) is 10.4. The van der Waals surface area contributed by atoms with Crippen molar-refractivity contribution in [1.82, 2.24) is 14.4 Å². The molecule has 0 atom stereocenters. The molecule has 0 radical (unpaired) electrons. The summed E-state index contributed by atoms with van der Waals surface area (Å²) in [5, 5.41) is 11.0. The molecule has 1 aliphatic rings. The summed E-state index contributed by atoms with van der Waals surface area (Å²) in [5.41, 5.74) is 1.98. The average Bonchev–Trinajstić information content (AvgIpc) is 2.90. The SMILES string of the molecule is O=C(O)c1c(CN2CCN(CCc3ccccc3)CC2)n(-c2ccc(F)cc2)c(=O)c2ccccc12. The number of fused-ring (bicyclic) bond motifs is 1. The van der Waals surface area contributed by atoms with E-state index in [4.69, 9.17) is 0 Å². The summed E-state index contributed by atoms with van der Waals surface area (Å²) in [6.45, 7) is 4.53. The Morgan fingerprint density at radius 2 is 1.42 bits per heavy atom. The van der Waals surface area contributed by atoms with Crippen LogP contribution in [0.15, 0.2) is 83.7 Å². The molecule has 1 aromatic heterocycles. The van der Waals surface area contributed by atoms with Gasteiger partial charge in [0.25, 0.3) is 5.56 Å². The van der Waals surface area contributed by atoms with E-state index in [1.54, 1.807) is 24.3 Å². The van der Waals surface area contributed by atoms with Crippen LogP contribution < -0.4 is 5.56 Å². The van der Waals surface area contributed by atoms with Crippen LogP contribution in [0.2, 0.25) is 0 Å². The number of rotatable bonds is 7. The zero-order chi connectivity index (χ0) is 25.1. The number of pyridine rings is 1. The number of piperazine rings is 1. The lowest BCUT2D eigenvalue weighted by atomic mass is 10.0. The first-order chi connectivity index (χ1) is 17.5. The van der Waals surface area contributed by atoms with Crippen LogP contribution >= 0.6 is 0 Å². The number of nitrogens with zero attached hydrogens (tertiary/aromatic N) is 3. The number of hydrogen-bond acceptors (Lipinski definition) is 4. The molecule has 36 heavy (non-hydrogen) atoms. The predicted octanol–water partition coefficient (Wildman–Crippen LogP) is 4.19. The van der Waals surface area contributed by atoms with Gasteiger partial charge in [0.2, 0.25) is 0 Å². The van der Waals surface area contributed by atoms with E-state index in [1.165, 1.54) is 34.4 Å². The normalized spacial score (nSPS) is 14.8. The summed E-state index contributed by atoms with van der Waals surface area (Å²) >= 11 is 0. The molecule has 3 aromatic carbocycles. The van der Waals surface area contributed by atoms with Gasteiger partial charge < -0.3 is 10.0 Å². The number of carboxylic acids is 1. The number of halogens is 1. The fraction of sp³-hybridized carbons (Fsp3) is 0.241. The van der Waals surface area contributed by atoms with E-state index in [-0.39, 0.29) is 11.1 Å². The summed E-state index contributed by atoms with van der Waals surface area (Å²) in [7, 11) is 0. The fourth-order valence-electron chi connectivity index (χ4n) is 4.96. The maximum Gasteiger partial charge on any atom is 0.338 e. The second-order valence-corrected chi connectivity index (χ2v) is 9.14. The van der Waals surface area contributed by atoms with Gasteiger partial charge in [-0.05, 0) is 42.3 Å². The van der Waals surface area contributed by atoms with Crippen molar-refractivity contribution in [3.8, 4) is 5.69 Å². The molecule has 6 nitrogen and oxygen atoms in total. The quantitative estimate of drug-likeness (QED) is 0.425. The Labute approximate surface area is 208 Å². The Morgan fingerprint density at radius 3 is 2.08 bits per heavy atom. The molecule has 0 bridgehead atoms. The molecule has 0 saturated carbocycles. The molecular weight excluding hydrogens is 457 g/mol. The number of benzene rings is 3. The van der Waals surface area contributed by atoms with Crippen molar-refractivity contribution in [3.05, 3.63) is 112 Å². The summed E-state index contributed by atoms with van der Waals surface area (Å²) in [6.07, 6.45) is 0.985. The first kappa shape index (κ1) is 23.9. The standard InChI is InChI=1S/C29H28FN3O3/c30-22-10-12-23(13-11-22)33-26(27(29(35)36)24-8-4-5-9-25(24)28(33)34)20-32-18-16-31(17-19-32)15-14-21-6-2-1-3-7-21/h1-13H,14-20H2,(H,35,36). The third-order valence-electron chi connectivity index (χ3n) is 6.88. The largest absolute Gasteiger partial charge is 0.478 e. The van der Waals surface area contributed by atoms with Crippen molar-refractivity contribution in [2.75, 3.05) is 32.7 Å². The molecule has 1 aliphatic heterocycles. The van der Waals surface area contributed by atoms with Crippen LogP contribution in [-0.2, 0) is 13.0 Å².